The maximum atomic E-state index is 13.4. The summed E-state index contributed by atoms with van der Waals surface area (Å²) in [5, 5.41) is 0.386. The molecule has 0 saturated heterocycles. The van der Waals surface area contributed by atoms with Crippen molar-refractivity contribution in [3.05, 3.63) is 150 Å². The molecule has 0 spiro atoms. The topological polar surface area (TPSA) is 95.8 Å². The molecule has 3 aromatic heterocycles. The minimum atomic E-state index is -0.565. The second kappa shape index (κ2) is 16.4. The lowest BCUT2D eigenvalue weighted by Gasteiger charge is -2.26. The zero-order chi connectivity index (χ0) is 36.0. The zero-order valence-electron chi connectivity index (χ0n) is 28.3. The van der Waals surface area contributed by atoms with Gasteiger partial charge in [0.15, 0.2) is 0 Å². The average Bonchev–Trinajstić information content (AvgIpc) is 3.68. The van der Waals surface area contributed by atoms with Gasteiger partial charge in [-0.25, -0.2) is 19.6 Å². The highest BCUT2D eigenvalue weighted by Crippen LogP contribution is 2.30. The fourth-order valence-electron chi connectivity index (χ4n) is 5.92. The van der Waals surface area contributed by atoms with Crippen LogP contribution in [0.4, 0.5) is 0 Å². The van der Waals surface area contributed by atoms with Crippen molar-refractivity contribution in [2.24, 2.45) is 7.05 Å². The Balaban J connectivity index is 1.10. The Morgan fingerprint density at radius 1 is 0.846 bits per heavy atom. The predicted molar refractivity (Wildman–Crippen MR) is 210 cm³/mol. The summed E-state index contributed by atoms with van der Waals surface area (Å²) in [4.78, 5) is 39.8. The van der Waals surface area contributed by atoms with Crippen LogP contribution in [0.1, 0.15) is 55.3 Å². The van der Waals surface area contributed by atoms with Crippen LogP contribution in [0, 0.1) is 2.88 Å². The van der Waals surface area contributed by atoms with E-state index in [1.54, 1.807) is 35.6 Å². The number of aromatic nitrogens is 3. The molecule has 4 heterocycles. The number of benzene rings is 3. The first kappa shape index (κ1) is 35.8. The molecule has 264 valence electrons. The number of carbonyl (C=O) groups is 2. The molecule has 0 radical (unpaired) electrons. The third-order valence-corrected chi connectivity index (χ3v) is 10.8. The Kier molecular flexibility index (Phi) is 11.3. The molecule has 12 heteroatoms. The molecule has 0 atom stereocenters. The van der Waals surface area contributed by atoms with Gasteiger partial charge in [0, 0.05) is 30.7 Å². The molecule has 0 amide bonds. The first-order chi connectivity index (χ1) is 25.3. The van der Waals surface area contributed by atoms with Crippen molar-refractivity contribution in [3.8, 4) is 5.88 Å². The van der Waals surface area contributed by atoms with E-state index in [4.69, 9.17) is 35.8 Å². The number of hydrogen-bond acceptors (Lipinski definition) is 9. The van der Waals surface area contributed by atoms with Gasteiger partial charge < -0.3 is 18.8 Å². The van der Waals surface area contributed by atoms with Gasteiger partial charge in [0.25, 0.3) is 0 Å². The van der Waals surface area contributed by atoms with Crippen LogP contribution in [0.3, 0.4) is 0 Å². The Morgan fingerprint density at radius 2 is 1.54 bits per heavy atom. The van der Waals surface area contributed by atoms with Crippen LogP contribution >= 0.6 is 45.5 Å². The van der Waals surface area contributed by atoms with Crippen molar-refractivity contribution in [1.29, 1.82) is 0 Å². The molecule has 1 aliphatic heterocycles. The summed E-state index contributed by atoms with van der Waals surface area (Å²) in [5.41, 5.74) is 5.63. The number of aryl methyl sites for hydroxylation is 1. The molecule has 0 N–H and O–H groups in total. The fourth-order valence-corrected chi connectivity index (χ4v) is 7.82. The lowest BCUT2D eigenvalue weighted by molar-refractivity contribution is 0.0455. The number of carbonyl (C=O) groups excluding carboxylic acids is 2. The number of ether oxygens (including phenoxy) is 3. The van der Waals surface area contributed by atoms with E-state index in [2.05, 4.69) is 51.2 Å². The van der Waals surface area contributed by atoms with E-state index in [0.717, 1.165) is 58.9 Å². The molecule has 1 aliphatic rings. The standard InChI is InChI=1S/C40H34ClIN4O5S/c1-45-34-21-35(42)52-38(34)44-36(45)22-46-18-16-28(17-19-46)33-15-14-31(39(47)50-23-26-8-4-2-5-9-26)37(43-33)49-25-29-12-13-30(41)20-32(29)40(48)51-24-27-10-6-3-7-11-27/h2-16,20-21H,17-19,22-25H2,1H3. The van der Waals surface area contributed by atoms with E-state index < -0.39 is 11.9 Å². The number of esters is 2. The van der Waals surface area contributed by atoms with E-state index in [1.807, 2.05) is 66.7 Å². The summed E-state index contributed by atoms with van der Waals surface area (Å²) in [7, 11) is 2.07. The molecule has 52 heavy (non-hydrogen) atoms. The predicted octanol–water partition coefficient (Wildman–Crippen LogP) is 8.87. The van der Waals surface area contributed by atoms with Crippen LogP contribution in [0.5, 0.6) is 5.88 Å². The van der Waals surface area contributed by atoms with Gasteiger partial charge in [-0.1, -0.05) is 84.4 Å². The zero-order valence-corrected chi connectivity index (χ0v) is 32.0. The lowest BCUT2D eigenvalue weighted by Crippen LogP contribution is -2.29. The maximum Gasteiger partial charge on any atom is 0.343 e. The molecule has 9 nitrogen and oxygen atoms in total. The fraction of sp³-hybridized carbons (Fsp3) is 0.200. The molecular weight excluding hydrogens is 811 g/mol. The van der Waals surface area contributed by atoms with E-state index in [-0.39, 0.29) is 36.8 Å². The number of pyridine rings is 1. The summed E-state index contributed by atoms with van der Waals surface area (Å²) in [6.07, 6.45) is 2.92. The summed E-state index contributed by atoms with van der Waals surface area (Å²) in [6.45, 7) is 2.44. The van der Waals surface area contributed by atoms with Crippen molar-refractivity contribution in [3.63, 3.8) is 0 Å². The molecule has 6 aromatic rings. The van der Waals surface area contributed by atoms with Gasteiger partial charge in [-0.15, -0.1) is 11.3 Å². The van der Waals surface area contributed by atoms with E-state index >= 15 is 0 Å². The van der Waals surface area contributed by atoms with Gasteiger partial charge in [-0.3, -0.25) is 4.90 Å². The molecular formula is C40H34ClIN4O5S. The van der Waals surface area contributed by atoms with Crippen LogP contribution in [0.15, 0.2) is 103 Å². The first-order valence-corrected chi connectivity index (χ1v) is 18.9. The van der Waals surface area contributed by atoms with Crippen LogP contribution in [0.2, 0.25) is 5.02 Å². The second-order valence-electron chi connectivity index (χ2n) is 12.3. The Bertz CT molecular complexity index is 2260. The normalized spacial score (nSPS) is 13.2. The molecule has 0 aliphatic carbocycles. The summed E-state index contributed by atoms with van der Waals surface area (Å²) < 4.78 is 20.9. The SMILES string of the molecule is Cn1c(CN2CC=C(c3ccc(C(=O)OCc4ccccc4)c(OCc4ccc(Cl)cc4C(=O)OCc4ccccc4)n3)CC2)nc2sc(I)cc21. The third kappa shape index (κ3) is 8.55. The van der Waals surface area contributed by atoms with E-state index in [1.165, 1.54) is 2.88 Å². The average molecular weight is 845 g/mol. The summed E-state index contributed by atoms with van der Waals surface area (Å²) >= 11 is 10.3. The number of rotatable bonds is 12. The minimum absolute atomic E-state index is 0.0602. The minimum Gasteiger partial charge on any atom is -0.472 e. The summed E-state index contributed by atoms with van der Waals surface area (Å²) in [5.74, 6) is 0.0449. The van der Waals surface area contributed by atoms with Gasteiger partial charge in [0.05, 0.1) is 26.2 Å². The van der Waals surface area contributed by atoms with Crippen molar-refractivity contribution >= 4 is 73.4 Å². The van der Waals surface area contributed by atoms with Crippen molar-refractivity contribution in [1.82, 2.24) is 19.4 Å². The number of fused-ring (bicyclic) bond motifs is 1. The number of halogens is 2. The maximum absolute atomic E-state index is 13.4. The van der Waals surface area contributed by atoms with Crippen LogP contribution in [-0.2, 0) is 42.9 Å². The highest BCUT2D eigenvalue weighted by Gasteiger charge is 2.23. The van der Waals surface area contributed by atoms with Gasteiger partial charge in [0.2, 0.25) is 5.88 Å². The quantitative estimate of drug-likeness (QED) is 0.0892. The molecule has 0 unspecified atom stereocenters. The highest BCUT2D eigenvalue weighted by molar-refractivity contribution is 14.1. The van der Waals surface area contributed by atoms with Crippen LogP contribution < -0.4 is 4.74 Å². The van der Waals surface area contributed by atoms with Gasteiger partial charge in [-0.2, -0.15) is 0 Å². The molecule has 0 saturated carbocycles. The van der Waals surface area contributed by atoms with Crippen molar-refractivity contribution in [2.75, 3.05) is 13.1 Å². The lowest BCUT2D eigenvalue weighted by atomic mass is 10.0. The van der Waals surface area contributed by atoms with E-state index in [9.17, 15) is 9.59 Å². The number of imidazole rings is 1. The Hall–Kier alpha value is -4.56. The van der Waals surface area contributed by atoms with E-state index in [0.29, 0.717) is 16.3 Å². The monoisotopic (exact) mass is 844 g/mol. The summed E-state index contributed by atoms with van der Waals surface area (Å²) in [6, 6.07) is 29.5. The third-order valence-electron chi connectivity index (χ3n) is 8.79. The molecule has 0 bridgehead atoms. The van der Waals surface area contributed by atoms with Gasteiger partial charge in [0.1, 0.15) is 36.0 Å². The highest BCUT2D eigenvalue weighted by atomic mass is 127. The van der Waals surface area contributed by atoms with Crippen molar-refractivity contribution < 1.29 is 23.8 Å². The number of hydrogen-bond donors (Lipinski definition) is 0. The molecule has 3 aromatic carbocycles. The van der Waals surface area contributed by atoms with Gasteiger partial charge in [-0.05, 0) is 76.0 Å². The smallest absolute Gasteiger partial charge is 0.343 e. The second-order valence-corrected chi connectivity index (χ2v) is 15.7. The van der Waals surface area contributed by atoms with Crippen LogP contribution in [-0.4, -0.2) is 44.5 Å². The van der Waals surface area contributed by atoms with Gasteiger partial charge >= 0.3 is 11.9 Å². The Labute approximate surface area is 324 Å². The first-order valence-electron chi connectivity index (χ1n) is 16.7. The molecule has 7 rings (SSSR count). The van der Waals surface area contributed by atoms with Crippen LogP contribution in [0.25, 0.3) is 15.9 Å². The van der Waals surface area contributed by atoms with Crippen molar-refractivity contribution in [2.45, 2.75) is 32.8 Å². The Morgan fingerprint density at radius 3 is 2.19 bits per heavy atom. The number of nitrogens with zero attached hydrogens (tertiary/aromatic N) is 4. The molecule has 0 fully saturated rings. The number of thiophene rings is 1. The largest absolute Gasteiger partial charge is 0.472 e.